The van der Waals surface area contributed by atoms with Crippen LogP contribution in [0.25, 0.3) is 0 Å². The second-order valence-corrected chi connectivity index (χ2v) is 5.71. The first-order valence-electron chi connectivity index (χ1n) is 6.83. The van der Waals surface area contributed by atoms with Gasteiger partial charge in [-0.1, -0.05) is 19.8 Å². The van der Waals surface area contributed by atoms with Gasteiger partial charge < -0.3 is 10.6 Å². The fourth-order valence-corrected chi connectivity index (χ4v) is 2.47. The predicted octanol–water partition coefficient (Wildman–Crippen LogP) is 3.30. The zero-order valence-electron chi connectivity index (χ0n) is 11.8. The van der Waals surface area contributed by atoms with Gasteiger partial charge >= 0.3 is 0 Å². The Bertz CT molecular complexity index is 358. The number of aryl methyl sites for hydroxylation is 1. The van der Waals surface area contributed by atoms with Crippen molar-refractivity contribution in [2.75, 3.05) is 13.1 Å². The van der Waals surface area contributed by atoms with Crippen LogP contribution >= 0.6 is 11.3 Å². The third-order valence-electron chi connectivity index (χ3n) is 2.61. The van der Waals surface area contributed by atoms with Crippen molar-refractivity contribution in [1.29, 1.82) is 0 Å². The van der Waals surface area contributed by atoms with Crippen LogP contribution in [0.4, 0.5) is 0 Å². The van der Waals surface area contributed by atoms with Gasteiger partial charge in [-0.2, -0.15) is 0 Å². The highest BCUT2D eigenvalue weighted by Crippen LogP contribution is 2.15. The Balaban J connectivity index is 2.39. The number of thiophene rings is 1. The molecule has 3 nitrogen and oxygen atoms in total. The monoisotopic (exact) mass is 267 g/mol. The van der Waals surface area contributed by atoms with Crippen LogP contribution in [0.1, 0.15) is 42.9 Å². The molecule has 0 fully saturated rings. The fraction of sp³-hybridized carbons (Fsp3) is 0.643. The normalized spacial score (nSPS) is 11.6. The van der Waals surface area contributed by atoms with Gasteiger partial charge in [0.15, 0.2) is 5.96 Å². The molecule has 0 saturated carbocycles. The van der Waals surface area contributed by atoms with Crippen LogP contribution in [0.2, 0.25) is 0 Å². The van der Waals surface area contributed by atoms with Gasteiger partial charge in [-0.25, -0.2) is 4.99 Å². The number of hydrogen-bond acceptors (Lipinski definition) is 2. The molecule has 0 aromatic carbocycles. The van der Waals surface area contributed by atoms with E-state index >= 15 is 0 Å². The third kappa shape index (κ3) is 6.05. The van der Waals surface area contributed by atoms with E-state index in [-0.39, 0.29) is 0 Å². The van der Waals surface area contributed by atoms with Gasteiger partial charge in [0.2, 0.25) is 0 Å². The Morgan fingerprint density at radius 3 is 2.67 bits per heavy atom. The smallest absolute Gasteiger partial charge is 0.191 e. The first-order chi connectivity index (χ1) is 8.76. The van der Waals surface area contributed by atoms with Gasteiger partial charge in [-0.15, -0.1) is 11.3 Å². The quantitative estimate of drug-likeness (QED) is 0.452. The summed E-state index contributed by atoms with van der Waals surface area (Å²) in [5, 5.41) is 6.66. The Labute approximate surface area is 115 Å². The van der Waals surface area contributed by atoms with Gasteiger partial charge in [-0.3, -0.25) is 0 Å². The van der Waals surface area contributed by atoms with Crippen LogP contribution in [0.3, 0.4) is 0 Å². The molecule has 0 atom stereocenters. The lowest BCUT2D eigenvalue weighted by Crippen LogP contribution is -2.37. The molecule has 1 heterocycles. The number of hydrogen-bond donors (Lipinski definition) is 2. The SMILES string of the molecule is CCCCCNC(=NCc1ccc(C)s1)NCC. The minimum absolute atomic E-state index is 0.765. The summed E-state index contributed by atoms with van der Waals surface area (Å²) in [6, 6.07) is 4.31. The standard InChI is InChI=1S/C14H25N3S/c1-4-6-7-10-16-14(15-5-2)17-11-13-9-8-12(3)18-13/h8-9H,4-7,10-11H2,1-3H3,(H2,15,16,17). The van der Waals surface area contributed by atoms with Crippen molar-refractivity contribution >= 4 is 17.3 Å². The number of nitrogens with zero attached hydrogens (tertiary/aromatic N) is 1. The van der Waals surface area contributed by atoms with Crippen LogP contribution in [0.15, 0.2) is 17.1 Å². The van der Waals surface area contributed by atoms with E-state index < -0.39 is 0 Å². The van der Waals surface area contributed by atoms with E-state index in [1.165, 1.54) is 29.0 Å². The van der Waals surface area contributed by atoms with Crippen molar-refractivity contribution in [3.63, 3.8) is 0 Å². The zero-order valence-corrected chi connectivity index (χ0v) is 12.6. The summed E-state index contributed by atoms with van der Waals surface area (Å²) in [7, 11) is 0. The van der Waals surface area contributed by atoms with E-state index in [9.17, 15) is 0 Å². The lowest BCUT2D eigenvalue weighted by atomic mass is 10.2. The molecule has 0 unspecified atom stereocenters. The van der Waals surface area contributed by atoms with E-state index in [2.05, 4.69) is 48.5 Å². The molecule has 18 heavy (non-hydrogen) atoms. The lowest BCUT2D eigenvalue weighted by Gasteiger charge is -2.10. The molecular formula is C14H25N3S. The summed E-state index contributed by atoms with van der Waals surface area (Å²) < 4.78 is 0. The average molecular weight is 267 g/mol. The minimum atomic E-state index is 0.765. The summed E-state index contributed by atoms with van der Waals surface area (Å²) in [6.07, 6.45) is 3.74. The van der Waals surface area contributed by atoms with Crippen molar-refractivity contribution in [3.05, 3.63) is 21.9 Å². The lowest BCUT2D eigenvalue weighted by molar-refractivity contribution is 0.683. The first kappa shape index (κ1) is 15.0. The van der Waals surface area contributed by atoms with Gasteiger partial charge in [-0.05, 0) is 32.4 Å². The molecule has 0 amide bonds. The van der Waals surface area contributed by atoms with Crippen LogP contribution in [0.5, 0.6) is 0 Å². The summed E-state index contributed by atoms with van der Waals surface area (Å²) in [5.41, 5.74) is 0. The van der Waals surface area contributed by atoms with Gasteiger partial charge in [0.1, 0.15) is 0 Å². The zero-order chi connectivity index (χ0) is 13.2. The van der Waals surface area contributed by atoms with Crippen molar-refractivity contribution in [1.82, 2.24) is 10.6 Å². The number of guanidine groups is 1. The Morgan fingerprint density at radius 1 is 1.22 bits per heavy atom. The summed E-state index contributed by atoms with van der Waals surface area (Å²) in [6.45, 7) is 9.12. The second kappa shape index (κ2) is 8.97. The number of nitrogens with one attached hydrogen (secondary N) is 2. The van der Waals surface area contributed by atoms with Crippen LogP contribution in [-0.4, -0.2) is 19.0 Å². The molecule has 0 radical (unpaired) electrons. The van der Waals surface area contributed by atoms with Crippen LogP contribution < -0.4 is 10.6 Å². The Kier molecular flexibility index (Phi) is 7.49. The second-order valence-electron chi connectivity index (χ2n) is 4.34. The topological polar surface area (TPSA) is 36.4 Å². The molecule has 0 aliphatic heterocycles. The Morgan fingerprint density at radius 2 is 2.06 bits per heavy atom. The van der Waals surface area contributed by atoms with Gasteiger partial charge in [0.25, 0.3) is 0 Å². The number of aliphatic imine (C=N–C) groups is 1. The highest BCUT2D eigenvalue weighted by Gasteiger charge is 1.98. The van der Waals surface area contributed by atoms with E-state index in [0.29, 0.717) is 0 Å². The molecule has 0 bridgehead atoms. The summed E-state index contributed by atoms with van der Waals surface area (Å²) in [5.74, 6) is 0.930. The molecule has 102 valence electrons. The number of rotatable bonds is 7. The maximum absolute atomic E-state index is 4.60. The highest BCUT2D eigenvalue weighted by molar-refractivity contribution is 7.11. The molecule has 2 N–H and O–H groups in total. The van der Waals surface area contributed by atoms with E-state index in [1.54, 1.807) is 0 Å². The first-order valence-corrected chi connectivity index (χ1v) is 7.65. The molecule has 0 aliphatic rings. The average Bonchev–Trinajstić information content (AvgIpc) is 2.77. The highest BCUT2D eigenvalue weighted by atomic mass is 32.1. The van der Waals surface area contributed by atoms with Crippen LogP contribution in [0, 0.1) is 6.92 Å². The predicted molar refractivity (Wildman–Crippen MR) is 81.4 cm³/mol. The van der Waals surface area contributed by atoms with Crippen molar-refractivity contribution in [2.24, 2.45) is 4.99 Å². The Hall–Kier alpha value is -1.03. The van der Waals surface area contributed by atoms with E-state index in [0.717, 1.165) is 25.6 Å². The largest absolute Gasteiger partial charge is 0.357 e. The number of unbranched alkanes of at least 4 members (excludes halogenated alkanes) is 2. The van der Waals surface area contributed by atoms with Gasteiger partial charge in [0.05, 0.1) is 6.54 Å². The van der Waals surface area contributed by atoms with E-state index in [4.69, 9.17) is 0 Å². The minimum Gasteiger partial charge on any atom is -0.357 e. The van der Waals surface area contributed by atoms with Crippen LogP contribution in [-0.2, 0) is 6.54 Å². The molecule has 4 heteroatoms. The van der Waals surface area contributed by atoms with E-state index in [1.807, 2.05) is 11.3 Å². The summed E-state index contributed by atoms with van der Waals surface area (Å²) >= 11 is 1.82. The van der Waals surface area contributed by atoms with Crippen molar-refractivity contribution < 1.29 is 0 Å². The van der Waals surface area contributed by atoms with Gasteiger partial charge in [0, 0.05) is 22.8 Å². The molecule has 0 spiro atoms. The molecule has 0 saturated heterocycles. The van der Waals surface area contributed by atoms with Crippen molar-refractivity contribution in [3.8, 4) is 0 Å². The molecule has 1 rings (SSSR count). The molecule has 1 aromatic heterocycles. The molecular weight excluding hydrogens is 242 g/mol. The fourth-order valence-electron chi connectivity index (χ4n) is 1.65. The maximum Gasteiger partial charge on any atom is 0.191 e. The summed E-state index contributed by atoms with van der Waals surface area (Å²) in [4.78, 5) is 7.27. The van der Waals surface area contributed by atoms with Crippen molar-refractivity contribution in [2.45, 2.75) is 46.6 Å². The maximum atomic E-state index is 4.60. The molecule has 1 aromatic rings. The molecule has 0 aliphatic carbocycles. The third-order valence-corrected chi connectivity index (χ3v) is 3.59.